The van der Waals surface area contributed by atoms with Crippen LogP contribution in [0.1, 0.15) is 25.3 Å². The lowest BCUT2D eigenvalue weighted by atomic mass is 10.1. The first-order valence-corrected chi connectivity index (χ1v) is 10.8. The molecule has 0 bridgehead atoms. The first kappa shape index (κ1) is 21.9. The number of hydrogen-bond acceptors (Lipinski definition) is 5. The molecule has 2 saturated heterocycles. The van der Waals surface area contributed by atoms with Crippen LogP contribution >= 0.6 is 0 Å². The van der Waals surface area contributed by atoms with Crippen LogP contribution in [-0.4, -0.2) is 88.1 Å². The molecule has 2 atom stereocenters. The van der Waals surface area contributed by atoms with Gasteiger partial charge in [0, 0.05) is 38.3 Å². The van der Waals surface area contributed by atoms with Crippen molar-refractivity contribution in [3.63, 3.8) is 0 Å². The van der Waals surface area contributed by atoms with Crippen LogP contribution in [-0.2, 0) is 16.0 Å². The van der Waals surface area contributed by atoms with Gasteiger partial charge in [-0.05, 0) is 39.9 Å². The predicted molar refractivity (Wildman–Crippen MR) is 116 cm³/mol. The van der Waals surface area contributed by atoms with Crippen LogP contribution < -0.4 is 10.1 Å². The number of nitrogens with zero attached hydrogens (tertiary/aromatic N) is 3. The molecular formula is C22H36N4O3. The van der Waals surface area contributed by atoms with E-state index < -0.39 is 0 Å². The second-order valence-electron chi connectivity index (χ2n) is 7.84. The zero-order valence-electron chi connectivity index (χ0n) is 18.1. The number of hydrogen-bond donors (Lipinski definition) is 1. The number of ether oxygens (including phenoxy) is 3. The number of para-hydroxylation sites is 1. The van der Waals surface area contributed by atoms with E-state index in [-0.39, 0.29) is 12.2 Å². The van der Waals surface area contributed by atoms with Gasteiger partial charge in [0.2, 0.25) is 0 Å². The zero-order valence-corrected chi connectivity index (χ0v) is 18.1. The minimum Gasteiger partial charge on any atom is -0.492 e. The van der Waals surface area contributed by atoms with Crippen LogP contribution in [0.15, 0.2) is 29.3 Å². The van der Waals surface area contributed by atoms with Gasteiger partial charge in [-0.3, -0.25) is 0 Å². The van der Waals surface area contributed by atoms with Crippen molar-refractivity contribution in [2.24, 2.45) is 4.99 Å². The molecule has 2 heterocycles. The van der Waals surface area contributed by atoms with Crippen molar-refractivity contribution in [2.45, 2.75) is 38.5 Å². The van der Waals surface area contributed by atoms with E-state index in [2.05, 4.69) is 42.2 Å². The van der Waals surface area contributed by atoms with Crippen molar-refractivity contribution < 1.29 is 14.2 Å². The Kier molecular flexibility index (Phi) is 8.58. The minimum absolute atomic E-state index is 0.122. The molecule has 29 heavy (non-hydrogen) atoms. The number of guanidine groups is 1. The molecule has 1 aromatic rings. The molecule has 3 rings (SSSR count). The Bertz CT molecular complexity index is 647. The molecule has 2 aliphatic heterocycles. The molecule has 0 aromatic heterocycles. The monoisotopic (exact) mass is 404 g/mol. The fraction of sp³-hybridized carbons (Fsp3) is 0.682. The molecule has 0 aliphatic carbocycles. The van der Waals surface area contributed by atoms with E-state index in [1.807, 2.05) is 18.2 Å². The predicted octanol–water partition coefficient (Wildman–Crippen LogP) is 1.97. The Morgan fingerprint density at radius 1 is 1.24 bits per heavy atom. The van der Waals surface area contributed by atoms with Gasteiger partial charge in [-0.15, -0.1) is 0 Å². The molecule has 0 spiro atoms. The van der Waals surface area contributed by atoms with Crippen molar-refractivity contribution >= 4 is 5.96 Å². The number of likely N-dealkylation sites (N-methyl/N-ethyl adjacent to an activating group) is 1. The highest BCUT2D eigenvalue weighted by molar-refractivity contribution is 5.80. The second-order valence-corrected chi connectivity index (χ2v) is 7.84. The summed E-state index contributed by atoms with van der Waals surface area (Å²) >= 11 is 0. The lowest BCUT2D eigenvalue weighted by Crippen LogP contribution is -2.53. The van der Waals surface area contributed by atoms with Gasteiger partial charge in [0.25, 0.3) is 0 Å². The minimum atomic E-state index is 0.122. The molecule has 1 aromatic carbocycles. The summed E-state index contributed by atoms with van der Waals surface area (Å²) in [5.41, 5.74) is 1.10. The summed E-state index contributed by atoms with van der Waals surface area (Å²) in [4.78, 5) is 9.34. The topological polar surface area (TPSA) is 58.6 Å². The summed E-state index contributed by atoms with van der Waals surface area (Å²) in [6.45, 7) is 8.30. The molecule has 7 heteroatoms. The summed E-state index contributed by atoms with van der Waals surface area (Å²) in [6, 6.07) is 8.17. The standard InChI is InChI=1S/C22H36N4O3/c1-4-23-22(26-12-15-29-21(17-26)20-10-7-13-27-20)24-16-18-8-5-6-9-19(18)28-14-11-25(2)3/h5-6,8-9,20-21H,4,7,10-17H2,1-3H3,(H,23,24). The number of aliphatic imine (C=N–C) groups is 1. The molecule has 162 valence electrons. The third-order valence-corrected chi connectivity index (χ3v) is 5.28. The fourth-order valence-corrected chi connectivity index (χ4v) is 3.69. The first-order chi connectivity index (χ1) is 14.2. The van der Waals surface area contributed by atoms with E-state index in [0.717, 1.165) is 62.9 Å². The molecule has 2 fully saturated rings. The third-order valence-electron chi connectivity index (χ3n) is 5.28. The van der Waals surface area contributed by atoms with Gasteiger partial charge < -0.3 is 29.3 Å². The van der Waals surface area contributed by atoms with Crippen LogP contribution in [0.5, 0.6) is 5.75 Å². The number of morpholine rings is 1. The maximum atomic E-state index is 5.99. The molecule has 2 aliphatic rings. The molecule has 0 saturated carbocycles. The van der Waals surface area contributed by atoms with Gasteiger partial charge in [-0.2, -0.15) is 0 Å². The van der Waals surface area contributed by atoms with Gasteiger partial charge in [0.15, 0.2) is 5.96 Å². The summed E-state index contributed by atoms with van der Waals surface area (Å²) in [6.07, 6.45) is 2.55. The zero-order chi connectivity index (χ0) is 20.5. The highest BCUT2D eigenvalue weighted by atomic mass is 16.5. The van der Waals surface area contributed by atoms with E-state index in [9.17, 15) is 0 Å². The van der Waals surface area contributed by atoms with Crippen molar-refractivity contribution in [2.75, 3.05) is 60.1 Å². The van der Waals surface area contributed by atoms with E-state index in [0.29, 0.717) is 19.8 Å². The molecule has 0 amide bonds. The van der Waals surface area contributed by atoms with E-state index in [4.69, 9.17) is 19.2 Å². The number of benzene rings is 1. The SMILES string of the molecule is CCNC(=NCc1ccccc1OCCN(C)C)N1CCOC(C2CCCO2)C1. The van der Waals surface area contributed by atoms with Gasteiger partial charge in [-0.25, -0.2) is 4.99 Å². The number of rotatable bonds is 8. The Labute approximate surface area is 175 Å². The van der Waals surface area contributed by atoms with Gasteiger partial charge in [0.05, 0.1) is 19.3 Å². The fourth-order valence-electron chi connectivity index (χ4n) is 3.69. The van der Waals surface area contributed by atoms with Crippen molar-refractivity contribution in [1.29, 1.82) is 0 Å². The van der Waals surface area contributed by atoms with Crippen molar-refractivity contribution in [3.8, 4) is 5.75 Å². The summed E-state index contributed by atoms with van der Waals surface area (Å²) in [7, 11) is 4.10. The Hall–Kier alpha value is -1.83. The largest absolute Gasteiger partial charge is 0.492 e. The molecule has 0 radical (unpaired) electrons. The van der Waals surface area contributed by atoms with Crippen LogP contribution in [0, 0.1) is 0 Å². The van der Waals surface area contributed by atoms with E-state index in [1.54, 1.807) is 0 Å². The summed E-state index contributed by atoms with van der Waals surface area (Å²) in [5.74, 6) is 1.84. The van der Waals surface area contributed by atoms with Crippen LogP contribution in [0.25, 0.3) is 0 Å². The Morgan fingerprint density at radius 3 is 2.83 bits per heavy atom. The lowest BCUT2D eigenvalue weighted by molar-refractivity contribution is -0.0817. The van der Waals surface area contributed by atoms with Crippen LogP contribution in [0.2, 0.25) is 0 Å². The maximum absolute atomic E-state index is 5.99. The Morgan fingerprint density at radius 2 is 2.07 bits per heavy atom. The first-order valence-electron chi connectivity index (χ1n) is 10.8. The van der Waals surface area contributed by atoms with E-state index >= 15 is 0 Å². The normalized spacial score (nSPS) is 22.9. The lowest BCUT2D eigenvalue weighted by Gasteiger charge is -2.37. The van der Waals surface area contributed by atoms with Gasteiger partial charge in [-0.1, -0.05) is 18.2 Å². The smallest absolute Gasteiger partial charge is 0.194 e. The van der Waals surface area contributed by atoms with Crippen molar-refractivity contribution in [3.05, 3.63) is 29.8 Å². The second kappa shape index (κ2) is 11.4. The Balaban J connectivity index is 1.64. The number of nitrogens with one attached hydrogen (secondary N) is 1. The third kappa shape index (κ3) is 6.59. The molecule has 2 unspecified atom stereocenters. The summed E-state index contributed by atoms with van der Waals surface area (Å²) < 4.78 is 17.8. The van der Waals surface area contributed by atoms with Gasteiger partial charge in [0.1, 0.15) is 18.5 Å². The van der Waals surface area contributed by atoms with Crippen LogP contribution in [0.4, 0.5) is 0 Å². The van der Waals surface area contributed by atoms with E-state index in [1.165, 1.54) is 0 Å². The van der Waals surface area contributed by atoms with Crippen LogP contribution in [0.3, 0.4) is 0 Å². The quantitative estimate of drug-likeness (QED) is 0.528. The van der Waals surface area contributed by atoms with Crippen molar-refractivity contribution in [1.82, 2.24) is 15.1 Å². The molecule has 1 N–H and O–H groups in total. The summed E-state index contributed by atoms with van der Waals surface area (Å²) in [5, 5.41) is 3.44. The highest BCUT2D eigenvalue weighted by Crippen LogP contribution is 2.22. The maximum Gasteiger partial charge on any atom is 0.194 e. The molecular weight excluding hydrogens is 368 g/mol. The molecule has 7 nitrogen and oxygen atoms in total. The highest BCUT2D eigenvalue weighted by Gasteiger charge is 2.32. The average molecular weight is 405 g/mol. The average Bonchev–Trinajstić information content (AvgIpc) is 3.27. The van der Waals surface area contributed by atoms with Gasteiger partial charge >= 0.3 is 0 Å².